The fraction of sp³-hybridized carbons (Fsp3) is 0. The van der Waals surface area contributed by atoms with Gasteiger partial charge in [0.05, 0.1) is 5.69 Å². The van der Waals surface area contributed by atoms with E-state index in [1.54, 1.807) is 17.5 Å². The Kier molecular flexibility index (Phi) is 3.75. The van der Waals surface area contributed by atoms with Crippen LogP contribution in [-0.4, -0.2) is 21.1 Å². The third-order valence-corrected chi connectivity index (χ3v) is 3.51. The molecule has 8 heteroatoms. The second-order valence-electron chi connectivity index (χ2n) is 4.31. The maximum absolute atomic E-state index is 13.2. The molecule has 0 saturated carbocycles. The maximum atomic E-state index is 13.2. The zero-order valence-electron chi connectivity index (χ0n) is 11.0. The first kappa shape index (κ1) is 14.1. The summed E-state index contributed by atoms with van der Waals surface area (Å²) in [6.45, 7) is 0. The molecule has 1 aromatic carbocycles. The minimum Gasteiger partial charge on any atom is -0.296 e. The van der Waals surface area contributed by atoms with Crippen LogP contribution >= 0.6 is 11.3 Å². The molecule has 0 aliphatic carbocycles. The van der Waals surface area contributed by atoms with Crippen LogP contribution in [0.4, 0.5) is 9.52 Å². The number of hydrogen-bond donors (Lipinski definition) is 2. The molecule has 3 rings (SSSR count). The summed E-state index contributed by atoms with van der Waals surface area (Å²) < 4.78 is 13.2. The lowest BCUT2D eigenvalue weighted by molar-refractivity contribution is 0.102. The third-order valence-electron chi connectivity index (χ3n) is 2.76. The van der Waals surface area contributed by atoms with Crippen molar-refractivity contribution < 1.29 is 9.18 Å². The molecule has 0 fully saturated rings. The van der Waals surface area contributed by atoms with Crippen LogP contribution in [0.5, 0.6) is 0 Å². The highest BCUT2D eigenvalue weighted by Gasteiger charge is 2.11. The van der Waals surface area contributed by atoms with Crippen LogP contribution in [0.1, 0.15) is 10.5 Å². The van der Waals surface area contributed by atoms with Gasteiger partial charge in [0, 0.05) is 17.0 Å². The zero-order chi connectivity index (χ0) is 15.5. The molecule has 2 N–H and O–H groups in total. The number of aromatic amines is 1. The number of carbonyl (C=O) groups excluding carboxylic acids is 1. The first-order valence-corrected chi connectivity index (χ1v) is 7.08. The number of H-pyrrole nitrogens is 1. The van der Waals surface area contributed by atoms with Gasteiger partial charge in [-0.25, -0.2) is 14.5 Å². The standard InChI is InChI=1S/C14H9FN4O2S/c15-9-3-1-2-8(6-9)11-7-22-14(16-11)17-13(21)10-4-5-12(20)19-18-10/h1-7H,(H,19,20)(H,16,17,21). The van der Waals surface area contributed by atoms with Gasteiger partial charge in [-0.15, -0.1) is 11.3 Å². The molecule has 0 aliphatic rings. The number of carbonyl (C=O) groups is 1. The fourth-order valence-electron chi connectivity index (χ4n) is 1.74. The van der Waals surface area contributed by atoms with E-state index in [4.69, 9.17) is 0 Å². The Balaban J connectivity index is 1.78. The predicted molar refractivity (Wildman–Crippen MR) is 80.3 cm³/mol. The zero-order valence-corrected chi connectivity index (χ0v) is 11.9. The molecule has 3 aromatic rings. The van der Waals surface area contributed by atoms with E-state index < -0.39 is 5.91 Å². The van der Waals surface area contributed by atoms with E-state index in [9.17, 15) is 14.0 Å². The van der Waals surface area contributed by atoms with E-state index in [-0.39, 0.29) is 17.1 Å². The highest BCUT2D eigenvalue weighted by atomic mass is 32.1. The van der Waals surface area contributed by atoms with Crippen LogP contribution in [0, 0.1) is 5.82 Å². The summed E-state index contributed by atoms with van der Waals surface area (Å²) in [4.78, 5) is 27.1. The average Bonchev–Trinajstić information content (AvgIpc) is 2.96. The average molecular weight is 316 g/mol. The third kappa shape index (κ3) is 3.07. The smallest absolute Gasteiger partial charge is 0.277 e. The molecule has 0 radical (unpaired) electrons. The van der Waals surface area contributed by atoms with Gasteiger partial charge in [0.1, 0.15) is 11.5 Å². The number of thiazole rings is 1. The van der Waals surface area contributed by atoms with Crippen LogP contribution in [0.3, 0.4) is 0 Å². The van der Waals surface area contributed by atoms with E-state index in [1.807, 2.05) is 0 Å². The number of rotatable bonds is 3. The quantitative estimate of drug-likeness (QED) is 0.776. The largest absolute Gasteiger partial charge is 0.296 e. The Bertz CT molecular complexity index is 870. The molecule has 0 aliphatic heterocycles. The monoisotopic (exact) mass is 316 g/mol. The van der Waals surface area contributed by atoms with Crippen LogP contribution in [0.25, 0.3) is 11.3 Å². The number of amides is 1. The number of anilines is 1. The number of aromatic nitrogens is 3. The van der Waals surface area contributed by atoms with E-state index in [2.05, 4.69) is 20.5 Å². The Morgan fingerprint density at radius 3 is 2.86 bits per heavy atom. The Morgan fingerprint density at radius 2 is 2.14 bits per heavy atom. The minimum atomic E-state index is -0.489. The molecule has 0 saturated heterocycles. The topological polar surface area (TPSA) is 87.7 Å². The Hall–Kier alpha value is -2.87. The van der Waals surface area contributed by atoms with Gasteiger partial charge in [0.15, 0.2) is 5.13 Å². The molecule has 1 amide bonds. The highest BCUT2D eigenvalue weighted by Crippen LogP contribution is 2.25. The molecule has 2 heterocycles. The second kappa shape index (κ2) is 5.86. The first-order chi connectivity index (χ1) is 10.6. The van der Waals surface area contributed by atoms with Crippen molar-refractivity contribution in [2.45, 2.75) is 0 Å². The van der Waals surface area contributed by atoms with Crippen molar-refractivity contribution in [3.63, 3.8) is 0 Å². The van der Waals surface area contributed by atoms with E-state index in [0.717, 1.165) is 0 Å². The van der Waals surface area contributed by atoms with Crippen LogP contribution in [0.15, 0.2) is 46.6 Å². The number of halogens is 1. The van der Waals surface area contributed by atoms with Gasteiger partial charge >= 0.3 is 0 Å². The van der Waals surface area contributed by atoms with E-state index in [1.165, 1.54) is 35.6 Å². The normalized spacial score (nSPS) is 10.4. The van der Waals surface area contributed by atoms with Gasteiger partial charge in [-0.1, -0.05) is 12.1 Å². The maximum Gasteiger partial charge on any atom is 0.277 e. The lowest BCUT2D eigenvalue weighted by Gasteiger charge is -2.00. The molecule has 0 bridgehead atoms. The summed E-state index contributed by atoms with van der Waals surface area (Å²) in [6.07, 6.45) is 0. The molecule has 0 spiro atoms. The van der Waals surface area contributed by atoms with Crippen molar-refractivity contribution in [2.24, 2.45) is 0 Å². The Morgan fingerprint density at radius 1 is 1.27 bits per heavy atom. The van der Waals surface area contributed by atoms with Crippen molar-refractivity contribution in [1.29, 1.82) is 0 Å². The highest BCUT2D eigenvalue weighted by molar-refractivity contribution is 7.14. The fourth-order valence-corrected chi connectivity index (χ4v) is 2.46. The molecule has 110 valence electrons. The molecule has 22 heavy (non-hydrogen) atoms. The van der Waals surface area contributed by atoms with Gasteiger partial charge in [-0.3, -0.25) is 14.9 Å². The lowest BCUT2D eigenvalue weighted by atomic mass is 10.2. The first-order valence-electron chi connectivity index (χ1n) is 6.20. The SMILES string of the molecule is O=C(Nc1nc(-c2cccc(F)c2)cs1)c1ccc(=O)[nH]n1. The van der Waals surface area contributed by atoms with Gasteiger partial charge in [0.2, 0.25) is 0 Å². The minimum absolute atomic E-state index is 0.0714. The second-order valence-corrected chi connectivity index (χ2v) is 5.17. The van der Waals surface area contributed by atoms with Crippen LogP contribution < -0.4 is 10.9 Å². The predicted octanol–water partition coefficient (Wildman–Crippen LogP) is 2.28. The summed E-state index contributed by atoms with van der Waals surface area (Å²) in [5.41, 5.74) is 0.870. The number of hydrogen-bond acceptors (Lipinski definition) is 5. The van der Waals surface area contributed by atoms with Crippen molar-refractivity contribution in [3.05, 3.63) is 63.6 Å². The van der Waals surface area contributed by atoms with Crippen LogP contribution in [-0.2, 0) is 0 Å². The molecule has 0 atom stereocenters. The van der Waals surface area contributed by atoms with Crippen LogP contribution in [0.2, 0.25) is 0 Å². The molecule has 6 nitrogen and oxygen atoms in total. The van der Waals surface area contributed by atoms with Crippen molar-refractivity contribution in [1.82, 2.24) is 15.2 Å². The molecular formula is C14H9FN4O2S. The van der Waals surface area contributed by atoms with Gasteiger partial charge in [0.25, 0.3) is 11.5 Å². The summed E-state index contributed by atoms with van der Waals surface area (Å²) in [6, 6.07) is 8.56. The molecule has 2 aromatic heterocycles. The summed E-state index contributed by atoms with van der Waals surface area (Å²) >= 11 is 1.21. The van der Waals surface area contributed by atoms with Gasteiger partial charge < -0.3 is 0 Å². The molecule has 0 unspecified atom stereocenters. The number of nitrogens with one attached hydrogen (secondary N) is 2. The summed E-state index contributed by atoms with van der Waals surface area (Å²) in [5.74, 6) is -0.843. The Labute approximate surface area is 127 Å². The van der Waals surface area contributed by atoms with Crippen molar-refractivity contribution in [2.75, 3.05) is 5.32 Å². The van der Waals surface area contributed by atoms with Gasteiger partial charge in [-0.2, -0.15) is 5.10 Å². The van der Waals surface area contributed by atoms with Crippen molar-refractivity contribution in [3.8, 4) is 11.3 Å². The van der Waals surface area contributed by atoms with Crippen molar-refractivity contribution >= 4 is 22.4 Å². The summed E-state index contributed by atoms with van der Waals surface area (Å²) in [5, 5.41) is 10.5. The molecular weight excluding hydrogens is 307 g/mol. The van der Waals surface area contributed by atoms with Gasteiger partial charge in [-0.05, 0) is 18.2 Å². The number of benzene rings is 1. The lowest BCUT2D eigenvalue weighted by Crippen LogP contribution is -2.17. The number of nitrogens with zero attached hydrogens (tertiary/aromatic N) is 2. The van der Waals surface area contributed by atoms with E-state index >= 15 is 0 Å². The summed E-state index contributed by atoms with van der Waals surface area (Å²) in [7, 11) is 0. The van der Waals surface area contributed by atoms with E-state index in [0.29, 0.717) is 16.4 Å².